The van der Waals surface area contributed by atoms with Crippen molar-refractivity contribution >= 4 is 29.4 Å². The highest BCUT2D eigenvalue weighted by molar-refractivity contribution is 5.82. The molecular weight excluding hydrogens is 1010 g/mol. The molecule has 4 amide bonds. The van der Waals surface area contributed by atoms with Crippen molar-refractivity contribution in [1.82, 2.24) is 21.3 Å². The number of carbonyl (C=O) groups excluding carboxylic acids is 5. The van der Waals surface area contributed by atoms with Crippen LogP contribution < -0.4 is 21.3 Å². The molecule has 3 heterocycles. The van der Waals surface area contributed by atoms with Crippen LogP contribution >= 0.6 is 0 Å². The largest absolute Gasteiger partial charge is 0.394 e. The number of rotatable bonds is 37. The smallest absolute Gasteiger partial charge is 0.224 e. The SMILES string of the molecule is CC(C)C(=O)CCCC(=O)NC(COCCC(=O)NCCCO[C@@H]1OC(CO)[C@H](O)[C@H](O)C1C)(COCCC(=O)NCCCO[C@@H]1OC(CO)[C@H](O)[C@H](O)C1C)COCCC(=O)NCO[C@@H]1OC(CO)[C@H](O)[C@H](O)C1C. The monoisotopic (exact) mass is 1100 g/mol. The summed E-state index contributed by atoms with van der Waals surface area (Å²) in [4.78, 5) is 64.3. The molecule has 3 aliphatic heterocycles. The second-order valence-electron chi connectivity index (χ2n) is 20.0. The van der Waals surface area contributed by atoms with E-state index in [2.05, 4.69) is 21.3 Å². The lowest BCUT2D eigenvalue weighted by Crippen LogP contribution is -2.58. The summed E-state index contributed by atoms with van der Waals surface area (Å²) in [6.45, 7) is 5.90. The molecule has 0 bridgehead atoms. The highest BCUT2D eigenvalue weighted by Gasteiger charge is 2.45. The lowest BCUT2D eigenvalue weighted by atomic mass is 9.92. The van der Waals surface area contributed by atoms with Crippen LogP contribution in [0.25, 0.3) is 0 Å². The Hall–Kier alpha value is -3.17. The van der Waals surface area contributed by atoms with Gasteiger partial charge in [0.1, 0.15) is 54.7 Å². The average Bonchev–Trinajstić information content (AvgIpc) is 3.39. The van der Waals surface area contributed by atoms with Crippen LogP contribution in [0.5, 0.6) is 0 Å². The van der Waals surface area contributed by atoms with E-state index in [0.29, 0.717) is 12.8 Å². The highest BCUT2D eigenvalue weighted by Crippen LogP contribution is 2.29. The van der Waals surface area contributed by atoms with Crippen molar-refractivity contribution in [3.8, 4) is 0 Å². The standard InChI is InChI=1S/C49H88N4O23/c1-28(2)32(57)9-6-10-39(61)53-49(26-70-20-13-38(60)52-27-73-48-31(5)42(64)45(67)35(23-56)76-48,24-68-18-11-36(58)50-14-7-16-71-46-29(3)40(62)43(65)33(21-54)74-46)25-69-19-12-37(59)51-15-8-17-72-47-30(4)41(63)44(66)34(22-55)75-47/h28-31,33-35,40-48,54-56,62-67H,6-27H2,1-5H3,(H,50,58)(H,51,59)(H,52,60)(H,53,61)/t29?,30?,31?,33?,34?,35?,40-,41-,42-,43+,44+,45+,46-,47-,48-,49?/m1/s1. The van der Waals surface area contributed by atoms with Crippen molar-refractivity contribution in [2.24, 2.45) is 23.7 Å². The van der Waals surface area contributed by atoms with Gasteiger partial charge in [0.15, 0.2) is 18.9 Å². The summed E-state index contributed by atoms with van der Waals surface area (Å²) in [6, 6.07) is 0. The van der Waals surface area contributed by atoms with Gasteiger partial charge in [-0.25, -0.2) is 0 Å². The molecule has 3 saturated heterocycles. The Kier molecular flexibility index (Phi) is 31.3. The van der Waals surface area contributed by atoms with E-state index in [1.54, 1.807) is 34.6 Å². The van der Waals surface area contributed by atoms with Gasteiger partial charge in [-0.1, -0.05) is 34.6 Å². The van der Waals surface area contributed by atoms with Crippen LogP contribution in [0.2, 0.25) is 0 Å². The first-order valence-corrected chi connectivity index (χ1v) is 26.3. The Labute approximate surface area is 443 Å². The predicted octanol–water partition coefficient (Wildman–Crippen LogP) is -4.18. The lowest BCUT2D eigenvalue weighted by Gasteiger charge is -2.40. The van der Waals surface area contributed by atoms with Gasteiger partial charge in [0, 0.05) is 62.4 Å². The molecule has 27 heteroatoms. The summed E-state index contributed by atoms with van der Waals surface area (Å²) in [6.07, 6.45) is -12.7. The van der Waals surface area contributed by atoms with Gasteiger partial charge in [-0.2, -0.15) is 0 Å². The first-order valence-electron chi connectivity index (χ1n) is 26.3. The van der Waals surface area contributed by atoms with Crippen LogP contribution in [-0.2, 0) is 66.6 Å². The summed E-state index contributed by atoms with van der Waals surface area (Å²) < 4.78 is 51.5. The summed E-state index contributed by atoms with van der Waals surface area (Å²) in [5.74, 6) is -3.81. The molecule has 13 N–H and O–H groups in total. The Bertz CT molecular complexity index is 1630. The fourth-order valence-corrected chi connectivity index (χ4v) is 8.30. The molecule has 0 radical (unpaired) electrons. The van der Waals surface area contributed by atoms with Gasteiger partial charge in [0.05, 0.1) is 97.4 Å². The molecule has 3 rings (SSSR count). The third kappa shape index (κ3) is 22.5. The van der Waals surface area contributed by atoms with Crippen LogP contribution in [0, 0.1) is 23.7 Å². The molecule has 442 valence electrons. The van der Waals surface area contributed by atoms with Crippen molar-refractivity contribution in [2.45, 2.75) is 165 Å². The average molecular weight is 1100 g/mol. The number of hydrogen-bond donors (Lipinski definition) is 13. The Morgan fingerprint density at radius 2 is 0.842 bits per heavy atom. The Morgan fingerprint density at radius 3 is 1.21 bits per heavy atom. The summed E-state index contributed by atoms with van der Waals surface area (Å²) in [7, 11) is 0. The second-order valence-corrected chi connectivity index (χ2v) is 20.0. The number of aliphatic hydroxyl groups excluding tert-OH is 9. The zero-order valence-corrected chi connectivity index (χ0v) is 44.5. The van der Waals surface area contributed by atoms with E-state index < -0.39 is 129 Å². The Morgan fingerprint density at radius 1 is 0.474 bits per heavy atom. The molecule has 3 fully saturated rings. The van der Waals surface area contributed by atoms with Crippen molar-refractivity contribution in [2.75, 3.05) is 92.5 Å². The van der Waals surface area contributed by atoms with Gasteiger partial charge >= 0.3 is 0 Å². The van der Waals surface area contributed by atoms with Crippen LogP contribution in [0.4, 0.5) is 0 Å². The lowest BCUT2D eigenvalue weighted by molar-refractivity contribution is -0.283. The van der Waals surface area contributed by atoms with Gasteiger partial charge in [-0.3, -0.25) is 24.0 Å². The number of Topliss-reactive ketones (excluding diaryl/α,β-unsaturated/α-hetero) is 1. The van der Waals surface area contributed by atoms with Gasteiger partial charge in [-0.05, 0) is 19.3 Å². The Balaban J connectivity index is 1.59. The number of ether oxygens (including phenoxy) is 9. The number of nitrogens with one attached hydrogen (secondary N) is 4. The van der Waals surface area contributed by atoms with Gasteiger partial charge < -0.3 is 110 Å². The second kappa shape index (κ2) is 35.4. The van der Waals surface area contributed by atoms with E-state index in [0.717, 1.165) is 0 Å². The molecule has 76 heavy (non-hydrogen) atoms. The zero-order valence-electron chi connectivity index (χ0n) is 44.5. The molecule has 6 unspecified atom stereocenters. The first-order chi connectivity index (χ1) is 36.2. The van der Waals surface area contributed by atoms with Crippen LogP contribution in [0.3, 0.4) is 0 Å². The van der Waals surface area contributed by atoms with E-state index >= 15 is 0 Å². The predicted molar refractivity (Wildman–Crippen MR) is 263 cm³/mol. The number of carbonyl (C=O) groups is 5. The highest BCUT2D eigenvalue weighted by atomic mass is 16.7. The molecule has 0 aromatic carbocycles. The normalized spacial score (nSPS) is 30.6. The minimum atomic E-state index is -1.45. The number of aliphatic hydroxyl groups is 9. The van der Waals surface area contributed by atoms with E-state index in [-0.39, 0.29) is 135 Å². The third-order valence-electron chi connectivity index (χ3n) is 13.4. The van der Waals surface area contributed by atoms with E-state index in [9.17, 15) is 69.9 Å². The first kappa shape index (κ1) is 67.1. The van der Waals surface area contributed by atoms with Crippen molar-refractivity contribution in [1.29, 1.82) is 0 Å². The summed E-state index contributed by atoms with van der Waals surface area (Å²) in [5.41, 5.74) is -1.45. The fraction of sp³-hybridized carbons (Fsp3) is 0.898. The molecular formula is C49H88N4O23. The molecule has 0 saturated carbocycles. The van der Waals surface area contributed by atoms with Gasteiger partial charge in [0.25, 0.3) is 0 Å². The minimum Gasteiger partial charge on any atom is -0.394 e. The van der Waals surface area contributed by atoms with E-state index in [4.69, 9.17) is 42.6 Å². The number of amides is 4. The maximum absolute atomic E-state index is 13.5. The van der Waals surface area contributed by atoms with Crippen LogP contribution in [-0.4, -0.2) is 247 Å². The van der Waals surface area contributed by atoms with Crippen molar-refractivity contribution < 1.29 is 113 Å². The van der Waals surface area contributed by atoms with Gasteiger partial charge in [0.2, 0.25) is 23.6 Å². The summed E-state index contributed by atoms with van der Waals surface area (Å²) in [5, 5.41) is 101. The van der Waals surface area contributed by atoms with Gasteiger partial charge in [-0.15, -0.1) is 0 Å². The quantitative estimate of drug-likeness (QED) is 0.0207. The third-order valence-corrected chi connectivity index (χ3v) is 13.4. The van der Waals surface area contributed by atoms with Crippen molar-refractivity contribution in [3.05, 3.63) is 0 Å². The minimum absolute atomic E-state index is 0.0185. The molecule has 0 aromatic heterocycles. The molecule has 27 nitrogen and oxygen atoms in total. The molecule has 0 spiro atoms. The topological polar surface area (TPSA) is 399 Å². The molecule has 0 aromatic rings. The van der Waals surface area contributed by atoms with Crippen LogP contribution in [0.1, 0.15) is 86.0 Å². The van der Waals surface area contributed by atoms with E-state index in [1.807, 2.05) is 0 Å². The van der Waals surface area contributed by atoms with Crippen LogP contribution in [0.15, 0.2) is 0 Å². The molecule has 15 atom stereocenters. The maximum Gasteiger partial charge on any atom is 0.224 e. The van der Waals surface area contributed by atoms with E-state index in [1.165, 1.54) is 0 Å². The molecule has 0 aliphatic carbocycles. The zero-order chi connectivity index (χ0) is 56.4. The maximum atomic E-state index is 13.5. The number of hydrogen-bond acceptors (Lipinski definition) is 23. The number of ketones is 1. The van der Waals surface area contributed by atoms with Crippen molar-refractivity contribution in [3.63, 3.8) is 0 Å². The molecule has 3 aliphatic rings. The fourth-order valence-electron chi connectivity index (χ4n) is 8.30. The summed E-state index contributed by atoms with van der Waals surface area (Å²) >= 11 is 0.